The molecular weight excluding hydrogens is 394 g/mol. The predicted octanol–water partition coefficient (Wildman–Crippen LogP) is 2.69. The molecule has 8 heteroatoms. The van der Waals surface area contributed by atoms with Crippen LogP contribution in [0.1, 0.15) is 35.0 Å². The lowest BCUT2D eigenvalue weighted by Gasteiger charge is -2.30. The molecule has 152 valence electrons. The van der Waals surface area contributed by atoms with E-state index in [1.54, 1.807) is 12.1 Å². The van der Waals surface area contributed by atoms with E-state index in [0.717, 1.165) is 30.4 Å². The van der Waals surface area contributed by atoms with Crippen molar-refractivity contribution >= 4 is 27.3 Å². The summed E-state index contributed by atoms with van der Waals surface area (Å²) in [5.41, 5.74) is 0.462. The summed E-state index contributed by atoms with van der Waals surface area (Å²) >= 11 is 1.50. The minimum Gasteiger partial charge on any atom is -0.351 e. The summed E-state index contributed by atoms with van der Waals surface area (Å²) in [5.74, 6) is 0.612. The minimum absolute atomic E-state index is 0.156. The van der Waals surface area contributed by atoms with Crippen LogP contribution in [0.3, 0.4) is 0 Å². The van der Waals surface area contributed by atoms with Crippen LogP contribution in [0.5, 0.6) is 0 Å². The van der Waals surface area contributed by atoms with Crippen LogP contribution in [-0.4, -0.2) is 45.4 Å². The Kier molecular flexibility index (Phi) is 7.23. The van der Waals surface area contributed by atoms with Gasteiger partial charge in [0.25, 0.3) is 5.91 Å². The fraction of sp³-hybridized carbons (Fsp3) is 0.450. The second-order valence-corrected chi connectivity index (χ2v) is 10.0. The third-order valence-corrected chi connectivity index (χ3v) is 7.33. The van der Waals surface area contributed by atoms with E-state index in [-0.39, 0.29) is 17.3 Å². The summed E-state index contributed by atoms with van der Waals surface area (Å²) in [7, 11) is -3.60. The number of hydrogen-bond donors (Lipinski definition) is 2. The van der Waals surface area contributed by atoms with Crippen LogP contribution in [-0.2, 0) is 16.6 Å². The fourth-order valence-electron chi connectivity index (χ4n) is 3.16. The van der Waals surface area contributed by atoms with Crippen molar-refractivity contribution in [1.82, 2.24) is 14.9 Å². The van der Waals surface area contributed by atoms with Gasteiger partial charge in [-0.25, -0.2) is 13.1 Å². The van der Waals surface area contributed by atoms with E-state index in [2.05, 4.69) is 21.9 Å². The zero-order valence-electron chi connectivity index (χ0n) is 16.1. The van der Waals surface area contributed by atoms with Crippen molar-refractivity contribution in [1.29, 1.82) is 0 Å². The second-order valence-electron chi connectivity index (χ2n) is 7.21. The summed E-state index contributed by atoms with van der Waals surface area (Å²) in [6.07, 6.45) is 2.43. The molecule has 2 aromatic rings. The topological polar surface area (TPSA) is 78.5 Å². The van der Waals surface area contributed by atoms with Crippen LogP contribution < -0.4 is 10.0 Å². The summed E-state index contributed by atoms with van der Waals surface area (Å²) in [6.45, 7) is 6.15. The van der Waals surface area contributed by atoms with Gasteiger partial charge in [-0.05, 0) is 67.6 Å². The Labute approximate surface area is 171 Å². The zero-order chi connectivity index (χ0) is 20.0. The highest BCUT2D eigenvalue weighted by atomic mass is 32.2. The molecular formula is C20H27N3O3S2. The average molecular weight is 422 g/mol. The molecule has 0 unspecified atom stereocenters. The van der Waals surface area contributed by atoms with Crippen LogP contribution in [0, 0.1) is 5.92 Å². The van der Waals surface area contributed by atoms with Gasteiger partial charge in [-0.1, -0.05) is 13.0 Å². The summed E-state index contributed by atoms with van der Waals surface area (Å²) in [4.78, 5) is 15.8. The van der Waals surface area contributed by atoms with Gasteiger partial charge in [0.2, 0.25) is 10.0 Å². The first-order chi connectivity index (χ1) is 13.4. The standard InChI is InChI=1S/C20H27N3O3S2/c1-16-8-11-23(12-9-16)13-10-21-20(24)17-4-6-19(7-5-17)28(25,26)22-15-18-3-2-14-27-18/h2-7,14,16,22H,8-13,15H2,1H3,(H,21,24). The number of nitrogens with one attached hydrogen (secondary N) is 2. The maximum absolute atomic E-state index is 12.4. The number of piperidine rings is 1. The first-order valence-corrected chi connectivity index (χ1v) is 11.9. The average Bonchev–Trinajstić information content (AvgIpc) is 3.22. The van der Waals surface area contributed by atoms with E-state index in [0.29, 0.717) is 12.1 Å². The Morgan fingerprint density at radius 2 is 1.89 bits per heavy atom. The Balaban J connectivity index is 1.48. The number of rotatable bonds is 8. The lowest BCUT2D eigenvalue weighted by molar-refractivity contribution is 0.0944. The number of hydrogen-bond acceptors (Lipinski definition) is 5. The molecule has 1 aliphatic rings. The molecule has 28 heavy (non-hydrogen) atoms. The highest BCUT2D eigenvalue weighted by Gasteiger charge is 2.17. The van der Waals surface area contributed by atoms with Crippen molar-refractivity contribution in [3.05, 3.63) is 52.2 Å². The fourth-order valence-corrected chi connectivity index (χ4v) is 4.91. The van der Waals surface area contributed by atoms with Gasteiger partial charge in [0.15, 0.2) is 0 Å². The zero-order valence-corrected chi connectivity index (χ0v) is 17.7. The van der Waals surface area contributed by atoms with Crippen LogP contribution in [0.15, 0.2) is 46.7 Å². The number of amides is 1. The summed E-state index contributed by atoms with van der Waals surface area (Å²) in [6, 6.07) is 9.81. The molecule has 1 amide bonds. The third kappa shape index (κ3) is 5.88. The summed E-state index contributed by atoms with van der Waals surface area (Å²) < 4.78 is 27.3. The second kappa shape index (κ2) is 9.65. The van der Waals surface area contributed by atoms with Crippen molar-refractivity contribution in [2.24, 2.45) is 5.92 Å². The molecule has 1 aliphatic heterocycles. The molecule has 2 N–H and O–H groups in total. The van der Waals surface area contributed by atoms with Gasteiger partial charge in [0.05, 0.1) is 4.90 Å². The normalized spacial score (nSPS) is 16.2. The number of benzene rings is 1. The molecule has 1 aromatic heterocycles. The van der Waals surface area contributed by atoms with Crippen LogP contribution in [0.2, 0.25) is 0 Å². The van der Waals surface area contributed by atoms with Gasteiger partial charge in [-0.15, -0.1) is 11.3 Å². The van der Waals surface area contributed by atoms with Crippen LogP contribution in [0.4, 0.5) is 0 Å². The number of carbonyl (C=O) groups excluding carboxylic acids is 1. The number of likely N-dealkylation sites (tertiary alicyclic amines) is 1. The molecule has 0 atom stereocenters. The molecule has 1 saturated heterocycles. The minimum atomic E-state index is -3.60. The van der Waals surface area contributed by atoms with Gasteiger partial charge in [-0.2, -0.15) is 0 Å². The van der Waals surface area contributed by atoms with Crippen molar-refractivity contribution in [2.75, 3.05) is 26.2 Å². The van der Waals surface area contributed by atoms with Gasteiger partial charge in [-0.3, -0.25) is 4.79 Å². The number of carbonyl (C=O) groups is 1. The highest BCUT2D eigenvalue weighted by molar-refractivity contribution is 7.89. The molecule has 1 aromatic carbocycles. The van der Waals surface area contributed by atoms with E-state index in [4.69, 9.17) is 0 Å². The van der Waals surface area contributed by atoms with Gasteiger partial charge < -0.3 is 10.2 Å². The van der Waals surface area contributed by atoms with Crippen molar-refractivity contribution in [3.63, 3.8) is 0 Å². The molecule has 0 saturated carbocycles. The van der Waals surface area contributed by atoms with Crippen molar-refractivity contribution in [2.45, 2.75) is 31.2 Å². The Morgan fingerprint density at radius 1 is 1.18 bits per heavy atom. The van der Waals surface area contributed by atoms with E-state index >= 15 is 0 Å². The lowest BCUT2D eigenvalue weighted by Crippen LogP contribution is -2.39. The number of nitrogens with zero attached hydrogens (tertiary/aromatic N) is 1. The molecule has 0 bridgehead atoms. The molecule has 2 heterocycles. The largest absolute Gasteiger partial charge is 0.351 e. The predicted molar refractivity (Wildman–Crippen MR) is 112 cm³/mol. The number of thiophene rings is 1. The first kappa shape index (κ1) is 21.0. The van der Waals surface area contributed by atoms with Crippen LogP contribution >= 0.6 is 11.3 Å². The van der Waals surface area contributed by atoms with E-state index in [9.17, 15) is 13.2 Å². The third-order valence-electron chi connectivity index (χ3n) is 5.03. The highest BCUT2D eigenvalue weighted by Crippen LogP contribution is 2.15. The SMILES string of the molecule is CC1CCN(CCNC(=O)c2ccc(S(=O)(=O)NCc3cccs3)cc2)CC1. The molecule has 1 fully saturated rings. The maximum Gasteiger partial charge on any atom is 0.251 e. The van der Waals surface area contributed by atoms with Crippen molar-refractivity contribution < 1.29 is 13.2 Å². The Hall–Kier alpha value is -1.74. The van der Waals surface area contributed by atoms with Gasteiger partial charge in [0, 0.05) is 30.1 Å². The van der Waals surface area contributed by atoms with Gasteiger partial charge >= 0.3 is 0 Å². The Morgan fingerprint density at radius 3 is 2.54 bits per heavy atom. The molecule has 3 rings (SSSR count). The molecule has 0 spiro atoms. The molecule has 0 radical (unpaired) electrons. The lowest BCUT2D eigenvalue weighted by atomic mass is 9.99. The van der Waals surface area contributed by atoms with E-state index < -0.39 is 10.0 Å². The maximum atomic E-state index is 12.4. The summed E-state index contributed by atoms with van der Waals surface area (Å²) in [5, 5.41) is 4.82. The van der Waals surface area contributed by atoms with Crippen molar-refractivity contribution in [3.8, 4) is 0 Å². The van der Waals surface area contributed by atoms with E-state index in [1.165, 1.54) is 36.3 Å². The van der Waals surface area contributed by atoms with Gasteiger partial charge in [0.1, 0.15) is 0 Å². The quantitative estimate of drug-likeness (QED) is 0.687. The van der Waals surface area contributed by atoms with Crippen LogP contribution in [0.25, 0.3) is 0 Å². The molecule has 6 nitrogen and oxygen atoms in total. The first-order valence-electron chi connectivity index (χ1n) is 9.57. The molecule has 0 aliphatic carbocycles. The number of sulfonamides is 1. The Bertz CT molecular complexity index is 857. The monoisotopic (exact) mass is 421 g/mol. The van der Waals surface area contributed by atoms with E-state index in [1.807, 2.05) is 17.5 Å². The smallest absolute Gasteiger partial charge is 0.251 e.